The SMILES string of the molecule is CON=C1C[C@H](n2nncc2C(=O)OC(C)(C)C)[C@@]2(O)Oc3ccc(O)cc3[C@H]3[C@H](CCCCO)[C@@H](CCCCO)C=C1[C@H]32. The van der Waals surface area contributed by atoms with E-state index in [-0.39, 0.29) is 48.8 Å². The van der Waals surface area contributed by atoms with Crippen LogP contribution in [0.25, 0.3) is 0 Å². The van der Waals surface area contributed by atoms with Gasteiger partial charge in [-0.25, -0.2) is 9.48 Å². The molecule has 44 heavy (non-hydrogen) atoms. The summed E-state index contributed by atoms with van der Waals surface area (Å²) in [7, 11) is 1.46. The minimum Gasteiger partial charge on any atom is -0.508 e. The Morgan fingerprint density at radius 1 is 1.16 bits per heavy atom. The predicted molar refractivity (Wildman–Crippen MR) is 160 cm³/mol. The van der Waals surface area contributed by atoms with Crippen LogP contribution in [0.15, 0.2) is 41.2 Å². The van der Waals surface area contributed by atoms with Crippen molar-refractivity contribution in [2.45, 2.75) is 89.1 Å². The lowest BCUT2D eigenvalue weighted by Gasteiger charge is -2.56. The van der Waals surface area contributed by atoms with Gasteiger partial charge in [0.1, 0.15) is 30.3 Å². The van der Waals surface area contributed by atoms with Crippen molar-refractivity contribution in [3.63, 3.8) is 0 Å². The Bertz CT molecular complexity index is 1400. The summed E-state index contributed by atoms with van der Waals surface area (Å²) in [5.74, 6) is -2.90. The van der Waals surface area contributed by atoms with Gasteiger partial charge in [0.2, 0.25) is 5.79 Å². The summed E-state index contributed by atoms with van der Waals surface area (Å²) >= 11 is 0. The van der Waals surface area contributed by atoms with Crippen LogP contribution in [0.5, 0.6) is 11.5 Å². The van der Waals surface area contributed by atoms with Crippen molar-refractivity contribution in [1.29, 1.82) is 0 Å². The fraction of sp³-hybridized carbons (Fsp3) is 0.625. The molecule has 240 valence electrons. The van der Waals surface area contributed by atoms with Crippen LogP contribution in [-0.4, -0.2) is 78.8 Å². The third-order valence-corrected chi connectivity index (χ3v) is 8.94. The number of carbonyl (C=O) groups is 1. The van der Waals surface area contributed by atoms with Crippen LogP contribution in [-0.2, 0) is 9.57 Å². The van der Waals surface area contributed by atoms with Crippen LogP contribution in [0.3, 0.4) is 0 Å². The largest absolute Gasteiger partial charge is 0.508 e. The zero-order chi connectivity index (χ0) is 31.6. The van der Waals surface area contributed by atoms with Gasteiger partial charge in [0.05, 0.1) is 17.8 Å². The number of ether oxygens (including phenoxy) is 2. The maximum atomic E-state index is 13.3. The monoisotopic (exact) mass is 612 g/mol. The van der Waals surface area contributed by atoms with Crippen LogP contribution < -0.4 is 4.74 Å². The van der Waals surface area contributed by atoms with E-state index >= 15 is 0 Å². The van der Waals surface area contributed by atoms with Crippen LogP contribution in [0.1, 0.15) is 93.7 Å². The normalized spacial score (nSPS) is 28.5. The lowest BCUT2D eigenvalue weighted by atomic mass is 9.55. The predicted octanol–water partition coefficient (Wildman–Crippen LogP) is 3.86. The van der Waals surface area contributed by atoms with E-state index in [1.807, 2.05) is 0 Å². The first-order valence-electron chi connectivity index (χ1n) is 15.4. The molecule has 6 atom stereocenters. The van der Waals surface area contributed by atoms with E-state index < -0.39 is 29.3 Å². The number of phenols is 1. The van der Waals surface area contributed by atoms with Gasteiger partial charge in [-0.15, -0.1) is 5.10 Å². The molecule has 0 radical (unpaired) electrons. The number of benzene rings is 1. The van der Waals surface area contributed by atoms with Crippen molar-refractivity contribution in [3.8, 4) is 11.5 Å². The number of rotatable bonds is 11. The Kier molecular flexibility index (Phi) is 9.33. The van der Waals surface area contributed by atoms with Crippen molar-refractivity contribution in [2.24, 2.45) is 22.9 Å². The van der Waals surface area contributed by atoms with Gasteiger partial charge in [-0.1, -0.05) is 29.3 Å². The van der Waals surface area contributed by atoms with E-state index in [0.29, 0.717) is 24.3 Å². The van der Waals surface area contributed by atoms with Crippen LogP contribution in [0, 0.1) is 17.8 Å². The van der Waals surface area contributed by atoms with Gasteiger partial charge in [0.15, 0.2) is 5.69 Å². The van der Waals surface area contributed by atoms with Crippen LogP contribution >= 0.6 is 0 Å². The first kappa shape index (κ1) is 31.9. The number of phenolic OH excluding ortho intramolecular Hbond substituents is 1. The molecule has 0 bridgehead atoms. The highest BCUT2D eigenvalue weighted by atomic mass is 16.6. The molecular weight excluding hydrogens is 568 g/mol. The van der Waals surface area contributed by atoms with Crippen molar-refractivity contribution in [1.82, 2.24) is 15.0 Å². The van der Waals surface area contributed by atoms with E-state index in [4.69, 9.17) is 14.3 Å². The number of aromatic nitrogens is 3. The Hall–Kier alpha value is -3.48. The molecule has 1 fully saturated rings. The smallest absolute Gasteiger partial charge is 0.358 e. The fourth-order valence-electron chi connectivity index (χ4n) is 7.27. The zero-order valence-electron chi connectivity index (χ0n) is 25.8. The molecule has 1 aromatic carbocycles. The Labute approximate surface area is 257 Å². The lowest BCUT2D eigenvalue weighted by Crippen LogP contribution is -2.62. The van der Waals surface area contributed by atoms with E-state index in [2.05, 4.69) is 21.5 Å². The molecule has 1 saturated carbocycles. The Balaban J connectivity index is 1.69. The van der Waals surface area contributed by atoms with Gasteiger partial charge in [0, 0.05) is 31.1 Å². The molecule has 12 heteroatoms. The number of esters is 1. The summed E-state index contributed by atoms with van der Waals surface area (Å²) in [5.41, 5.74) is 1.45. The van der Waals surface area contributed by atoms with Gasteiger partial charge in [0.25, 0.3) is 0 Å². The molecule has 3 aliphatic rings. The summed E-state index contributed by atoms with van der Waals surface area (Å²) < 4.78 is 13.5. The van der Waals surface area contributed by atoms with Gasteiger partial charge in [-0.3, -0.25) is 0 Å². The second kappa shape index (κ2) is 12.9. The number of hydrogen-bond acceptors (Lipinski definition) is 11. The molecule has 0 amide bonds. The molecule has 4 N–H and O–H groups in total. The number of aromatic hydroxyl groups is 1. The quantitative estimate of drug-likeness (QED) is 0.166. The molecule has 2 aromatic rings. The van der Waals surface area contributed by atoms with E-state index in [9.17, 15) is 25.2 Å². The molecule has 2 heterocycles. The average molecular weight is 613 g/mol. The summed E-state index contributed by atoms with van der Waals surface area (Å²) in [6, 6.07) is 3.95. The topological polar surface area (TPSA) is 169 Å². The molecule has 5 rings (SSSR count). The highest BCUT2D eigenvalue weighted by Gasteiger charge is 2.63. The summed E-state index contributed by atoms with van der Waals surface area (Å²) in [6.07, 6.45) is 8.06. The highest BCUT2D eigenvalue weighted by molar-refractivity contribution is 6.02. The zero-order valence-corrected chi connectivity index (χ0v) is 25.8. The number of unbranched alkanes of at least 4 members (excludes halogenated alkanes) is 2. The summed E-state index contributed by atoms with van der Waals surface area (Å²) in [6.45, 7) is 5.49. The van der Waals surface area contributed by atoms with Gasteiger partial charge >= 0.3 is 5.97 Å². The molecule has 0 saturated heterocycles. The Morgan fingerprint density at radius 2 is 1.89 bits per heavy atom. The number of fused-ring (bicyclic) bond motifs is 2. The number of oxime groups is 1. The number of carbonyl (C=O) groups excluding carboxylic acids is 1. The number of hydrogen-bond donors (Lipinski definition) is 4. The number of allylic oxidation sites excluding steroid dienone is 1. The van der Waals surface area contributed by atoms with Crippen molar-refractivity contribution >= 4 is 11.7 Å². The summed E-state index contributed by atoms with van der Waals surface area (Å²) in [4.78, 5) is 18.6. The van der Waals surface area contributed by atoms with E-state index in [1.54, 1.807) is 32.9 Å². The number of nitrogens with zero attached hydrogens (tertiary/aromatic N) is 4. The van der Waals surface area contributed by atoms with Crippen LogP contribution in [0.2, 0.25) is 0 Å². The Morgan fingerprint density at radius 3 is 2.57 bits per heavy atom. The minimum atomic E-state index is -1.89. The first-order chi connectivity index (χ1) is 21.0. The standard InChI is InChI=1S/C32H44N4O8/c1-31(2,3)44-30(40)25-18-33-35-36(25)27-17-24(34-42-4)22-15-19(9-5-7-13-37)21(10-6-8-14-38)28-23-16-20(39)11-12-26(23)43-32(27,41)29(22)28/h11-12,15-16,18-19,21,27-29,37-39,41H,5-10,13-14,17H2,1-4H3/t19-,21+,27-,28+,29+,32+/m0/s1. The fourth-order valence-corrected chi connectivity index (χ4v) is 7.27. The minimum absolute atomic E-state index is 0.00795. The molecule has 0 unspecified atom stereocenters. The molecule has 12 nitrogen and oxygen atoms in total. The van der Waals surface area contributed by atoms with Crippen molar-refractivity contribution in [3.05, 3.63) is 47.3 Å². The molecule has 0 spiro atoms. The van der Waals surface area contributed by atoms with Gasteiger partial charge in [-0.2, -0.15) is 0 Å². The van der Waals surface area contributed by atoms with E-state index in [1.165, 1.54) is 24.1 Å². The van der Waals surface area contributed by atoms with Gasteiger partial charge < -0.3 is 34.7 Å². The van der Waals surface area contributed by atoms with Crippen molar-refractivity contribution < 1.29 is 39.5 Å². The second-order valence-electron chi connectivity index (χ2n) is 13.0. The lowest BCUT2D eigenvalue weighted by molar-refractivity contribution is -0.225. The number of aliphatic hydroxyl groups excluding tert-OH is 2. The highest BCUT2D eigenvalue weighted by Crippen LogP contribution is 2.62. The average Bonchev–Trinajstić information content (AvgIpc) is 3.45. The van der Waals surface area contributed by atoms with Crippen LogP contribution in [0.4, 0.5) is 0 Å². The molecule has 1 aromatic heterocycles. The molecule has 1 aliphatic heterocycles. The third-order valence-electron chi connectivity index (χ3n) is 8.94. The molecular formula is C32H44N4O8. The maximum absolute atomic E-state index is 13.3. The molecule has 2 aliphatic carbocycles. The third kappa shape index (κ3) is 6.07. The van der Waals surface area contributed by atoms with E-state index in [0.717, 1.165) is 36.8 Å². The second-order valence-corrected chi connectivity index (χ2v) is 13.0. The van der Waals surface area contributed by atoms with Crippen molar-refractivity contribution in [2.75, 3.05) is 20.3 Å². The maximum Gasteiger partial charge on any atom is 0.358 e. The summed E-state index contributed by atoms with van der Waals surface area (Å²) in [5, 5.41) is 55.2. The van der Waals surface area contributed by atoms with Gasteiger partial charge in [-0.05, 0) is 82.1 Å². The first-order valence-corrected chi connectivity index (χ1v) is 15.4. The number of aliphatic hydroxyl groups is 3.